The van der Waals surface area contributed by atoms with Gasteiger partial charge in [-0.05, 0) is 56.1 Å². The highest BCUT2D eigenvalue weighted by Crippen LogP contribution is 2.15. The molecule has 1 aromatic rings. The SMILES string of the molecule is CCN(CC)Cc1ccc(CNC(=O)CC2CCNCC2)cc1. The summed E-state index contributed by atoms with van der Waals surface area (Å²) in [7, 11) is 0. The number of amides is 1. The van der Waals surface area contributed by atoms with Crippen molar-refractivity contribution in [2.24, 2.45) is 5.92 Å². The lowest BCUT2D eigenvalue weighted by Gasteiger charge is -2.22. The molecular formula is C19H31N3O. The number of nitrogens with zero attached hydrogens (tertiary/aromatic N) is 1. The van der Waals surface area contributed by atoms with Crippen LogP contribution in [0.5, 0.6) is 0 Å². The molecular weight excluding hydrogens is 286 g/mol. The highest BCUT2D eigenvalue weighted by Gasteiger charge is 2.16. The summed E-state index contributed by atoms with van der Waals surface area (Å²) in [4.78, 5) is 14.4. The Bertz CT molecular complexity index is 462. The van der Waals surface area contributed by atoms with Gasteiger partial charge in [-0.3, -0.25) is 9.69 Å². The smallest absolute Gasteiger partial charge is 0.220 e. The first kappa shape index (κ1) is 18.0. The van der Waals surface area contributed by atoms with Crippen LogP contribution >= 0.6 is 0 Å². The van der Waals surface area contributed by atoms with E-state index < -0.39 is 0 Å². The Morgan fingerprint density at radius 2 is 1.74 bits per heavy atom. The Labute approximate surface area is 140 Å². The Hall–Kier alpha value is -1.39. The molecule has 1 aromatic carbocycles. The van der Waals surface area contributed by atoms with Crippen molar-refractivity contribution in [1.82, 2.24) is 15.5 Å². The number of benzene rings is 1. The van der Waals surface area contributed by atoms with Crippen molar-refractivity contribution >= 4 is 5.91 Å². The molecule has 0 radical (unpaired) electrons. The zero-order valence-corrected chi connectivity index (χ0v) is 14.6. The number of carbonyl (C=O) groups excluding carboxylic acids is 1. The maximum Gasteiger partial charge on any atom is 0.220 e. The molecule has 1 aliphatic heterocycles. The van der Waals surface area contributed by atoms with Crippen molar-refractivity contribution in [3.63, 3.8) is 0 Å². The minimum absolute atomic E-state index is 0.184. The first-order valence-corrected chi connectivity index (χ1v) is 8.98. The van der Waals surface area contributed by atoms with Gasteiger partial charge in [0, 0.05) is 19.5 Å². The van der Waals surface area contributed by atoms with Gasteiger partial charge in [-0.15, -0.1) is 0 Å². The van der Waals surface area contributed by atoms with Gasteiger partial charge in [0.2, 0.25) is 5.91 Å². The zero-order chi connectivity index (χ0) is 16.5. The van der Waals surface area contributed by atoms with Crippen molar-refractivity contribution < 1.29 is 4.79 Å². The molecule has 23 heavy (non-hydrogen) atoms. The minimum Gasteiger partial charge on any atom is -0.352 e. The molecule has 0 aliphatic carbocycles. The summed E-state index contributed by atoms with van der Waals surface area (Å²) in [6, 6.07) is 8.60. The van der Waals surface area contributed by atoms with Gasteiger partial charge in [0.1, 0.15) is 0 Å². The Morgan fingerprint density at radius 3 is 2.35 bits per heavy atom. The third-order valence-corrected chi connectivity index (χ3v) is 4.75. The maximum absolute atomic E-state index is 12.0. The molecule has 4 heteroatoms. The molecule has 1 amide bonds. The number of nitrogens with one attached hydrogen (secondary N) is 2. The summed E-state index contributed by atoms with van der Waals surface area (Å²) < 4.78 is 0. The zero-order valence-electron chi connectivity index (χ0n) is 14.6. The number of piperidine rings is 1. The monoisotopic (exact) mass is 317 g/mol. The molecule has 0 atom stereocenters. The van der Waals surface area contributed by atoms with Crippen LogP contribution in [0, 0.1) is 5.92 Å². The first-order chi connectivity index (χ1) is 11.2. The van der Waals surface area contributed by atoms with E-state index in [1.54, 1.807) is 0 Å². The Kier molecular flexibility index (Phi) is 7.56. The molecule has 2 rings (SSSR count). The van der Waals surface area contributed by atoms with Gasteiger partial charge in [-0.1, -0.05) is 38.1 Å². The average molecular weight is 317 g/mol. The fraction of sp³-hybridized carbons (Fsp3) is 0.632. The third kappa shape index (κ3) is 6.32. The Balaban J connectivity index is 1.73. The van der Waals surface area contributed by atoms with Gasteiger partial charge in [-0.2, -0.15) is 0 Å². The number of carbonyl (C=O) groups is 1. The molecule has 4 nitrogen and oxygen atoms in total. The molecule has 0 saturated carbocycles. The van der Waals surface area contributed by atoms with E-state index in [-0.39, 0.29) is 5.91 Å². The van der Waals surface area contributed by atoms with Crippen LogP contribution in [0.1, 0.15) is 44.2 Å². The van der Waals surface area contributed by atoms with Crippen LogP contribution in [0.3, 0.4) is 0 Å². The second-order valence-electron chi connectivity index (χ2n) is 6.45. The molecule has 0 spiro atoms. The maximum atomic E-state index is 12.0. The van der Waals surface area contributed by atoms with Crippen molar-refractivity contribution in [3.05, 3.63) is 35.4 Å². The molecule has 128 valence electrons. The second kappa shape index (κ2) is 9.68. The fourth-order valence-corrected chi connectivity index (χ4v) is 3.09. The summed E-state index contributed by atoms with van der Waals surface area (Å²) in [5, 5.41) is 6.40. The first-order valence-electron chi connectivity index (χ1n) is 8.98. The molecule has 1 saturated heterocycles. The molecule has 0 aromatic heterocycles. The van der Waals surface area contributed by atoms with E-state index in [1.165, 1.54) is 11.1 Å². The van der Waals surface area contributed by atoms with E-state index in [4.69, 9.17) is 0 Å². The van der Waals surface area contributed by atoms with Gasteiger partial charge in [0.15, 0.2) is 0 Å². The lowest BCUT2D eigenvalue weighted by atomic mass is 9.94. The highest BCUT2D eigenvalue weighted by molar-refractivity contribution is 5.76. The van der Waals surface area contributed by atoms with E-state index in [2.05, 4.69) is 53.6 Å². The molecule has 0 unspecified atom stereocenters. The van der Waals surface area contributed by atoms with Crippen molar-refractivity contribution in [2.45, 2.75) is 46.2 Å². The van der Waals surface area contributed by atoms with Crippen molar-refractivity contribution in [2.75, 3.05) is 26.2 Å². The Morgan fingerprint density at radius 1 is 1.13 bits per heavy atom. The standard InChI is InChI=1S/C19H31N3O/c1-3-22(4-2)15-18-7-5-17(6-8-18)14-21-19(23)13-16-9-11-20-12-10-16/h5-8,16,20H,3-4,9-15H2,1-2H3,(H,21,23). The number of hydrogen-bond donors (Lipinski definition) is 2. The molecule has 1 heterocycles. The molecule has 0 bridgehead atoms. The molecule has 2 N–H and O–H groups in total. The van der Waals surface area contributed by atoms with Crippen LogP contribution in [0.15, 0.2) is 24.3 Å². The number of hydrogen-bond acceptors (Lipinski definition) is 3. The second-order valence-corrected chi connectivity index (χ2v) is 6.45. The predicted molar refractivity (Wildman–Crippen MR) is 95.1 cm³/mol. The topological polar surface area (TPSA) is 44.4 Å². The van der Waals surface area contributed by atoms with Crippen LogP contribution < -0.4 is 10.6 Å². The third-order valence-electron chi connectivity index (χ3n) is 4.75. The quantitative estimate of drug-likeness (QED) is 0.774. The summed E-state index contributed by atoms with van der Waals surface area (Å²) in [5.74, 6) is 0.733. The van der Waals surface area contributed by atoms with Crippen LogP contribution in [-0.4, -0.2) is 37.0 Å². The van der Waals surface area contributed by atoms with E-state index in [1.807, 2.05) is 0 Å². The highest BCUT2D eigenvalue weighted by atomic mass is 16.1. The van der Waals surface area contributed by atoms with Gasteiger partial charge in [-0.25, -0.2) is 0 Å². The summed E-state index contributed by atoms with van der Waals surface area (Å²) >= 11 is 0. The van der Waals surface area contributed by atoms with Crippen molar-refractivity contribution in [3.8, 4) is 0 Å². The lowest BCUT2D eigenvalue weighted by Crippen LogP contribution is -2.32. The van der Waals surface area contributed by atoms with E-state index in [0.29, 0.717) is 18.9 Å². The van der Waals surface area contributed by atoms with Crippen molar-refractivity contribution in [1.29, 1.82) is 0 Å². The van der Waals surface area contributed by atoms with Gasteiger partial charge < -0.3 is 10.6 Å². The summed E-state index contributed by atoms with van der Waals surface area (Å²) in [6.07, 6.45) is 2.91. The van der Waals surface area contributed by atoms with Gasteiger partial charge >= 0.3 is 0 Å². The van der Waals surface area contributed by atoms with E-state index in [9.17, 15) is 4.79 Å². The largest absolute Gasteiger partial charge is 0.352 e. The van der Waals surface area contributed by atoms with E-state index in [0.717, 1.165) is 45.6 Å². The van der Waals surface area contributed by atoms with E-state index >= 15 is 0 Å². The number of rotatable bonds is 8. The average Bonchev–Trinajstić information content (AvgIpc) is 2.60. The molecule has 1 aliphatic rings. The van der Waals surface area contributed by atoms with Crippen LogP contribution in [0.4, 0.5) is 0 Å². The van der Waals surface area contributed by atoms with Gasteiger partial charge in [0.25, 0.3) is 0 Å². The lowest BCUT2D eigenvalue weighted by molar-refractivity contribution is -0.122. The van der Waals surface area contributed by atoms with Crippen LogP contribution in [0.25, 0.3) is 0 Å². The predicted octanol–water partition coefficient (Wildman–Crippen LogP) is 2.53. The van der Waals surface area contributed by atoms with Crippen LogP contribution in [0.2, 0.25) is 0 Å². The fourth-order valence-electron chi connectivity index (χ4n) is 3.09. The summed E-state index contributed by atoms with van der Waals surface area (Å²) in [6.45, 7) is 10.3. The van der Waals surface area contributed by atoms with Gasteiger partial charge in [0.05, 0.1) is 0 Å². The minimum atomic E-state index is 0.184. The summed E-state index contributed by atoms with van der Waals surface area (Å²) in [5.41, 5.74) is 2.51. The normalized spacial score (nSPS) is 15.8. The molecule has 1 fully saturated rings. The van der Waals surface area contributed by atoms with Crippen LogP contribution in [-0.2, 0) is 17.9 Å².